The summed E-state index contributed by atoms with van der Waals surface area (Å²) in [5.74, 6) is 0. The van der Waals surface area contributed by atoms with E-state index in [2.05, 4.69) is 6.07 Å². The van der Waals surface area contributed by atoms with E-state index in [1.807, 2.05) is 12.1 Å². The van der Waals surface area contributed by atoms with Crippen LogP contribution in [0, 0.1) is 0 Å². The second-order valence-electron chi connectivity index (χ2n) is 2.88. The second-order valence-corrected chi connectivity index (χ2v) is 3.91. The summed E-state index contributed by atoms with van der Waals surface area (Å²) < 4.78 is 0. The van der Waals surface area contributed by atoms with E-state index in [-0.39, 0.29) is 5.38 Å². The largest absolute Gasteiger partial charge is 0.122 e. The van der Waals surface area contributed by atoms with Gasteiger partial charge >= 0.3 is 0 Å². The van der Waals surface area contributed by atoms with E-state index in [0.29, 0.717) is 0 Å². The lowest BCUT2D eigenvalue weighted by Crippen LogP contribution is -1.93. The van der Waals surface area contributed by atoms with Gasteiger partial charge in [-0.25, -0.2) is 0 Å². The van der Waals surface area contributed by atoms with Crippen molar-refractivity contribution in [2.45, 2.75) is 18.2 Å². The third-order valence-corrected chi connectivity index (χ3v) is 2.75. The summed E-state index contributed by atoms with van der Waals surface area (Å²) >= 11 is 12.0. The minimum Gasteiger partial charge on any atom is -0.122 e. The maximum atomic E-state index is 5.99. The Balaban J connectivity index is 2.49. The molecular formula is C9H8Cl2. The molecular weight excluding hydrogens is 179 g/mol. The molecule has 58 valence electrons. The molecule has 0 spiro atoms. The first kappa shape index (κ1) is 7.45. The lowest BCUT2D eigenvalue weighted by Gasteiger charge is -1.98. The molecule has 1 aromatic carbocycles. The number of alkyl halides is 1. The Morgan fingerprint density at radius 1 is 1.27 bits per heavy atom. The van der Waals surface area contributed by atoms with Crippen LogP contribution in [0.2, 0.25) is 5.02 Å². The Bertz CT molecular complexity index is 281. The molecule has 0 bridgehead atoms. The third kappa shape index (κ3) is 1.25. The summed E-state index contributed by atoms with van der Waals surface area (Å²) in [4.78, 5) is 0. The van der Waals surface area contributed by atoms with Crippen molar-refractivity contribution in [3.05, 3.63) is 34.3 Å². The standard InChI is InChI=1S/C9H8Cl2/c10-7-4-6-2-1-3-9(11)8(6)5-7/h1-3,7H,4-5H2. The van der Waals surface area contributed by atoms with Gasteiger partial charge in [0.25, 0.3) is 0 Å². The number of hydrogen-bond donors (Lipinski definition) is 0. The van der Waals surface area contributed by atoms with Gasteiger partial charge in [-0.15, -0.1) is 11.6 Å². The summed E-state index contributed by atoms with van der Waals surface area (Å²) in [6.07, 6.45) is 1.90. The van der Waals surface area contributed by atoms with Gasteiger partial charge in [-0.3, -0.25) is 0 Å². The number of hydrogen-bond acceptors (Lipinski definition) is 0. The van der Waals surface area contributed by atoms with E-state index in [1.54, 1.807) is 0 Å². The van der Waals surface area contributed by atoms with Crippen LogP contribution in [0.5, 0.6) is 0 Å². The van der Waals surface area contributed by atoms with Crippen LogP contribution in [0.15, 0.2) is 18.2 Å². The maximum absolute atomic E-state index is 5.99. The molecule has 0 nitrogen and oxygen atoms in total. The zero-order valence-corrected chi connectivity index (χ0v) is 7.49. The van der Waals surface area contributed by atoms with Gasteiger partial charge in [-0.05, 0) is 30.0 Å². The molecule has 0 aromatic heterocycles. The van der Waals surface area contributed by atoms with Gasteiger partial charge < -0.3 is 0 Å². The van der Waals surface area contributed by atoms with Crippen molar-refractivity contribution in [2.75, 3.05) is 0 Å². The van der Waals surface area contributed by atoms with Crippen molar-refractivity contribution in [3.63, 3.8) is 0 Å². The Labute approximate surface area is 76.1 Å². The van der Waals surface area contributed by atoms with Gasteiger partial charge in [0.05, 0.1) is 0 Å². The molecule has 0 saturated heterocycles. The average molecular weight is 187 g/mol. The van der Waals surface area contributed by atoms with Crippen molar-refractivity contribution in [2.24, 2.45) is 0 Å². The van der Waals surface area contributed by atoms with Crippen molar-refractivity contribution in [1.82, 2.24) is 0 Å². The topological polar surface area (TPSA) is 0 Å². The van der Waals surface area contributed by atoms with Gasteiger partial charge in [0.2, 0.25) is 0 Å². The SMILES string of the molecule is Clc1cccc2c1CC(Cl)C2. The Morgan fingerprint density at radius 2 is 2.09 bits per heavy atom. The quantitative estimate of drug-likeness (QED) is 0.547. The summed E-state index contributed by atoms with van der Waals surface area (Å²) in [5, 5.41) is 1.12. The smallest absolute Gasteiger partial charge is 0.0441 e. The minimum atomic E-state index is 0.255. The zero-order chi connectivity index (χ0) is 7.84. The van der Waals surface area contributed by atoms with Gasteiger partial charge in [-0.2, -0.15) is 0 Å². The highest BCUT2D eigenvalue weighted by Crippen LogP contribution is 2.30. The molecule has 2 rings (SSSR count). The van der Waals surface area contributed by atoms with Crippen LogP contribution in [0.1, 0.15) is 11.1 Å². The molecule has 0 saturated carbocycles. The molecule has 0 amide bonds. The lowest BCUT2D eigenvalue weighted by molar-refractivity contribution is 0.922. The normalized spacial score (nSPS) is 21.8. The van der Waals surface area contributed by atoms with Gasteiger partial charge in [0.1, 0.15) is 0 Å². The fraction of sp³-hybridized carbons (Fsp3) is 0.333. The summed E-state index contributed by atoms with van der Waals surface area (Å²) in [6.45, 7) is 0. The number of rotatable bonds is 0. The molecule has 11 heavy (non-hydrogen) atoms. The van der Waals surface area contributed by atoms with E-state index in [0.717, 1.165) is 17.9 Å². The molecule has 1 atom stereocenters. The molecule has 1 aliphatic carbocycles. The van der Waals surface area contributed by atoms with Gasteiger partial charge in [0, 0.05) is 10.4 Å². The number of fused-ring (bicyclic) bond motifs is 1. The van der Waals surface area contributed by atoms with Crippen molar-refractivity contribution < 1.29 is 0 Å². The van der Waals surface area contributed by atoms with Crippen LogP contribution in [0.25, 0.3) is 0 Å². The van der Waals surface area contributed by atoms with Crippen LogP contribution in [0.3, 0.4) is 0 Å². The van der Waals surface area contributed by atoms with Crippen molar-refractivity contribution in [1.29, 1.82) is 0 Å². The zero-order valence-electron chi connectivity index (χ0n) is 5.98. The molecule has 1 aromatic rings. The Kier molecular flexibility index (Phi) is 1.82. The van der Waals surface area contributed by atoms with Crippen LogP contribution in [0.4, 0.5) is 0 Å². The van der Waals surface area contributed by atoms with E-state index >= 15 is 0 Å². The summed E-state index contributed by atoms with van der Waals surface area (Å²) in [5.41, 5.74) is 2.56. The average Bonchev–Trinajstić information content (AvgIpc) is 2.31. The highest BCUT2D eigenvalue weighted by atomic mass is 35.5. The fourth-order valence-corrected chi connectivity index (χ4v) is 2.15. The molecule has 2 heteroatoms. The maximum Gasteiger partial charge on any atom is 0.0441 e. The van der Waals surface area contributed by atoms with Crippen LogP contribution < -0.4 is 0 Å². The van der Waals surface area contributed by atoms with E-state index < -0.39 is 0 Å². The molecule has 0 radical (unpaired) electrons. The first-order valence-electron chi connectivity index (χ1n) is 3.67. The lowest BCUT2D eigenvalue weighted by atomic mass is 10.1. The van der Waals surface area contributed by atoms with Crippen LogP contribution >= 0.6 is 23.2 Å². The van der Waals surface area contributed by atoms with Crippen LogP contribution in [-0.4, -0.2) is 5.38 Å². The molecule has 0 fully saturated rings. The van der Waals surface area contributed by atoms with Crippen molar-refractivity contribution >= 4 is 23.2 Å². The van der Waals surface area contributed by atoms with Gasteiger partial charge in [-0.1, -0.05) is 23.7 Å². The Hall–Kier alpha value is -0.200. The highest BCUT2D eigenvalue weighted by molar-refractivity contribution is 6.31. The van der Waals surface area contributed by atoms with Gasteiger partial charge in [0.15, 0.2) is 0 Å². The van der Waals surface area contributed by atoms with Crippen molar-refractivity contribution in [3.8, 4) is 0 Å². The Morgan fingerprint density at radius 3 is 2.82 bits per heavy atom. The van der Waals surface area contributed by atoms with E-state index in [9.17, 15) is 0 Å². The first-order valence-corrected chi connectivity index (χ1v) is 4.49. The molecule has 1 aliphatic rings. The molecule has 0 N–H and O–H groups in total. The van der Waals surface area contributed by atoms with E-state index in [4.69, 9.17) is 23.2 Å². The summed E-state index contributed by atoms with van der Waals surface area (Å²) in [6, 6.07) is 6.01. The molecule has 1 unspecified atom stereocenters. The van der Waals surface area contributed by atoms with E-state index in [1.165, 1.54) is 11.1 Å². The molecule has 0 heterocycles. The summed E-state index contributed by atoms with van der Waals surface area (Å²) in [7, 11) is 0. The second kappa shape index (κ2) is 2.69. The highest BCUT2D eigenvalue weighted by Gasteiger charge is 2.20. The number of halogens is 2. The minimum absolute atomic E-state index is 0.255. The fourth-order valence-electron chi connectivity index (χ4n) is 1.56. The number of benzene rings is 1. The first-order chi connectivity index (χ1) is 5.27. The predicted molar refractivity (Wildman–Crippen MR) is 48.5 cm³/mol. The van der Waals surface area contributed by atoms with Crippen LogP contribution in [-0.2, 0) is 12.8 Å². The monoisotopic (exact) mass is 186 g/mol. The molecule has 0 aliphatic heterocycles. The third-order valence-electron chi connectivity index (χ3n) is 2.08. The predicted octanol–water partition coefficient (Wildman–Crippen LogP) is 3.05.